The van der Waals surface area contributed by atoms with Crippen molar-refractivity contribution in [3.05, 3.63) is 11.7 Å². The number of nitrogens with zero attached hydrogens (tertiary/aromatic N) is 2. The third-order valence-corrected chi connectivity index (χ3v) is 2.18. The maximum absolute atomic E-state index is 5.88. The normalized spacial score (nSPS) is 18.9. The highest BCUT2D eigenvalue weighted by Crippen LogP contribution is 2.38. The van der Waals surface area contributed by atoms with Gasteiger partial charge in [-0.15, -0.1) is 0 Å². The molecule has 5 nitrogen and oxygen atoms in total. The Balaban J connectivity index is 2.03. The van der Waals surface area contributed by atoms with Gasteiger partial charge in [0.2, 0.25) is 0 Å². The molecule has 5 heteroatoms. The molecule has 1 atom stereocenters. The van der Waals surface area contributed by atoms with Gasteiger partial charge in [-0.2, -0.15) is 4.98 Å². The lowest BCUT2D eigenvalue weighted by molar-refractivity contribution is 0.151. The molecule has 0 radical (unpaired) electrons. The van der Waals surface area contributed by atoms with Gasteiger partial charge in [0.15, 0.2) is 5.82 Å². The van der Waals surface area contributed by atoms with Crippen LogP contribution in [0.5, 0.6) is 0 Å². The molecule has 2 N–H and O–H groups in total. The van der Waals surface area contributed by atoms with Crippen LogP contribution in [0.2, 0.25) is 0 Å². The molecule has 0 spiro atoms. The standard InChI is InChI=1S/C8H13N3O2/c1-12-4-6-10-8(11-13-6)7(9)5-2-3-5/h5,7H,2-4,9H2,1H3. The number of nitrogens with two attached hydrogens (primary N) is 1. The van der Waals surface area contributed by atoms with Crippen LogP contribution < -0.4 is 5.73 Å². The van der Waals surface area contributed by atoms with Crippen molar-refractivity contribution in [2.75, 3.05) is 7.11 Å². The van der Waals surface area contributed by atoms with Crippen molar-refractivity contribution < 1.29 is 9.26 Å². The van der Waals surface area contributed by atoms with E-state index in [2.05, 4.69) is 10.1 Å². The van der Waals surface area contributed by atoms with Crippen LogP contribution >= 0.6 is 0 Å². The van der Waals surface area contributed by atoms with Crippen LogP contribution in [0.15, 0.2) is 4.52 Å². The molecule has 1 saturated carbocycles. The summed E-state index contributed by atoms with van der Waals surface area (Å²) in [5.41, 5.74) is 5.88. The molecule has 1 aromatic rings. The Morgan fingerprint density at radius 3 is 3.08 bits per heavy atom. The molecule has 2 rings (SSSR count). The fraction of sp³-hybridized carbons (Fsp3) is 0.750. The molecule has 1 fully saturated rings. The third kappa shape index (κ3) is 1.87. The second-order valence-electron chi connectivity index (χ2n) is 3.34. The van der Waals surface area contributed by atoms with E-state index >= 15 is 0 Å². The first kappa shape index (κ1) is 8.65. The van der Waals surface area contributed by atoms with Crippen LogP contribution in [0.3, 0.4) is 0 Å². The number of ether oxygens (including phenoxy) is 1. The second kappa shape index (κ2) is 3.43. The Kier molecular flexibility index (Phi) is 2.28. The van der Waals surface area contributed by atoms with E-state index in [9.17, 15) is 0 Å². The van der Waals surface area contributed by atoms with E-state index in [0.717, 1.165) is 0 Å². The maximum atomic E-state index is 5.88. The van der Waals surface area contributed by atoms with Gasteiger partial charge in [-0.25, -0.2) is 0 Å². The lowest BCUT2D eigenvalue weighted by Crippen LogP contribution is -2.14. The first-order valence-electron chi connectivity index (χ1n) is 4.38. The fourth-order valence-corrected chi connectivity index (χ4v) is 1.25. The molecule has 1 aliphatic carbocycles. The predicted octanol–water partition coefficient (Wildman–Crippen LogP) is 0.626. The number of hydrogen-bond acceptors (Lipinski definition) is 5. The Morgan fingerprint density at radius 1 is 1.69 bits per heavy atom. The highest BCUT2D eigenvalue weighted by Gasteiger charge is 2.32. The topological polar surface area (TPSA) is 74.2 Å². The van der Waals surface area contributed by atoms with E-state index in [1.165, 1.54) is 12.8 Å². The van der Waals surface area contributed by atoms with Crippen LogP contribution in [-0.2, 0) is 11.3 Å². The summed E-state index contributed by atoms with van der Waals surface area (Å²) in [4.78, 5) is 4.13. The van der Waals surface area contributed by atoms with Gasteiger partial charge in [-0.3, -0.25) is 0 Å². The van der Waals surface area contributed by atoms with Crippen molar-refractivity contribution in [3.8, 4) is 0 Å². The molecule has 13 heavy (non-hydrogen) atoms. The summed E-state index contributed by atoms with van der Waals surface area (Å²) in [6.07, 6.45) is 2.35. The Bertz CT molecular complexity index is 283. The molecule has 0 aromatic carbocycles. The molecule has 1 unspecified atom stereocenters. The summed E-state index contributed by atoms with van der Waals surface area (Å²) in [7, 11) is 1.59. The largest absolute Gasteiger partial charge is 0.375 e. The van der Waals surface area contributed by atoms with Gasteiger partial charge < -0.3 is 15.0 Å². The molecule has 1 aromatic heterocycles. The van der Waals surface area contributed by atoms with Crippen molar-refractivity contribution in [3.63, 3.8) is 0 Å². The molecule has 0 aliphatic heterocycles. The van der Waals surface area contributed by atoms with Crippen molar-refractivity contribution in [2.24, 2.45) is 11.7 Å². The average Bonchev–Trinajstić information content (AvgIpc) is 2.87. The highest BCUT2D eigenvalue weighted by molar-refractivity contribution is 4.99. The summed E-state index contributed by atoms with van der Waals surface area (Å²) >= 11 is 0. The van der Waals surface area contributed by atoms with E-state index in [1.807, 2.05) is 0 Å². The molecule has 72 valence electrons. The Labute approximate surface area is 76.3 Å². The maximum Gasteiger partial charge on any atom is 0.252 e. The number of rotatable bonds is 4. The molecule has 0 saturated heterocycles. The summed E-state index contributed by atoms with van der Waals surface area (Å²) in [5, 5.41) is 3.80. The predicted molar refractivity (Wildman–Crippen MR) is 44.7 cm³/mol. The molecule has 0 bridgehead atoms. The lowest BCUT2D eigenvalue weighted by Gasteiger charge is -2.01. The van der Waals surface area contributed by atoms with Crippen LogP contribution in [0.1, 0.15) is 30.6 Å². The van der Waals surface area contributed by atoms with Crippen molar-refractivity contribution in [1.82, 2.24) is 10.1 Å². The van der Waals surface area contributed by atoms with E-state index < -0.39 is 0 Å². The van der Waals surface area contributed by atoms with Gasteiger partial charge in [0.1, 0.15) is 6.61 Å². The molecular formula is C8H13N3O2. The van der Waals surface area contributed by atoms with Crippen molar-refractivity contribution in [1.29, 1.82) is 0 Å². The minimum absolute atomic E-state index is 0.0608. The SMILES string of the molecule is COCc1nc(C(N)C2CC2)no1. The zero-order valence-corrected chi connectivity index (χ0v) is 7.56. The molecule has 0 amide bonds. The van der Waals surface area contributed by atoms with E-state index in [0.29, 0.717) is 24.2 Å². The van der Waals surface area contributed by atoms with Crippen LogP contribution in [0.4, 0.5) is 0 Å². The molecule has 1 aliphatic rings. The minimum Gasteiger partial charge on any atom is -0.375 e. The highest BCUT2D eigenvalue weighted by atomic mass is 16.5. The van der Waals surface area contributed by atoms with E-state index in [1.54, 1.807) is 7.11 Å². The average molecular weight is 183 g/mol. The summed E-state index contributed by atoms with van der Waals surface area (Å²) < 4.78 is 9.80. The summed E-state index contributed by atoms with van der Waals surface area (Å²) in [6, 6.07) is -0.0608. The van der Waals surface area contributed by atoms with Gasteiger partial charge in [0, 0.05) is 7.11 Å². The zero-order valence-electron chi connectivity index (χ0n) is 7.56. The van der Waals surface area contributed by atoms with Crippen LogP contribution in [0, 0.1) is 5.92 Å². The number of hydrogen-bond donors (Lipinski definition) is 1. The van der Waals surface area contributed by atoms with E-state index in [4.69, 9.17) is 15.0 Å². The quantitative estimate of drug-likeness (QED) is 0.740. The van der Waals surface area contributed by atoms with Gasteiger partial charge in [0.05, 0.1) is 6.04 Å². The first-order chi connectivity index (χ1) is 6.31. The second-order valence-corrected chi connectivity index (χ2v) is 3.34. The lowest BCUT2D eigenvalue weighted by atomic mass is 10.2. The van der Waals surface area contributed by atoms with Gasteiger partial charge in [0.25, 0.3) is 5.89 Å². The minimum atomic E-state index is -0.0608. The van der Waals surface area contributed by atoms with E-state index in [-0.39, 0.29) is 6.04 Å². The summed E-state index contributed by atoms with van der Waals surface area (Å²) in [5.74, 6) is 1.65. The van der Waals surface area contributed by atoms with Crippen molar-refractivity contribution in [2.45, 2.75) is 25.5 Å². The number of methoxy groups -OCH3 is 1. The number of aromatic nitrogens is 2. The van der Waals surface area contributed by atoms with Crippen LogP contribution in [0.25, 0.3) is 0 Å². The van der Waals surface area contributed by atoms with Gasteiger partial charge in [-0.1, -0.05) is 5.16 Å². The summed E-state index contributed by atoms with van der Waals surface area (Å²) in [6.45, 7) is 0.352. The van der Waals surface area contributed by atoms with Gasteiger partial charge in [-0.05, 0) is 18.8 Å². The molecular weight excluding hydrogens is 170 g/mol. The third-order valence-electron chi connectivity index (χ3n) is 2.18. The Hall–Kier alpha value is -0.940. The Morgan fingerprint density at radius 2 is 2.46 bits per heavy atom. The van der Waals surface area contributed by atoms with Crippen molar-refractivity contribution >= 4 is 0 Å². The smallest absolute Gasteiger partial charge is 0.252 e. The first-order valence-corrected chi connectivity index (χ1v) is 4.38. The zero-order chi connectivity index (χ0) is 9.26. The molecule has 1 heterocycles. The van der Waals surface area contributed by atoms with Crippen LogP contribution in [-0.4, -0.2) is 17.3 Å². The van der Waals surface area contributed by atoms with Gasteiger partial charge >= 0.3 is 0 Å². The fourth-order valence-electron chi connectivity index (χ4n) is 1.25. The monoisotopic (exact) mass is 183 g/mol.